The van der Waals surface area contributed by atoms with E-state index in [2.05, 4.69) is 20.7 Å². The number of aliphatic hydroxyl groups is 1. The molecule has 0 aromatic carbocycles. The van der Waals surface area contributed by atoms with Crippen LogP contribution in [0.25, 0.3) is 11.3 Å². The van der Waals surface area contributed by atoms with E-state index >= 15 is 0 Å². The lowest BCUT2D eigenvalue weighted by molar-refractivity contribution is 0.0961. The number of nitrogens with zero attached hydrogens (tertiary/aromatic N) is 3. The fourth-order valence-electron chi connectivity index (χ4n) is 3.52. The van der Waals surface area contributed by atoms with Gasteiger partial charge in [0.05, 0.1) is 30.3 Å². The molecule has 2 aliphatic carbocycles. The van der Waals surface area contributed by atoms with Crippen molar-refractivity contribution < 1.29 is 9.90 Å². The minimum Gasteiger partial charge on any atom is -0.393 e. The summed E-state index contributed by atoms with van der Waals surface area (Å²) < 4.78 is 1.65. The van der Waals surface area contributed by atoms with Gasteiger partial charge in [-0.15, -0.1) is 0 Å². The zero-order valence-corrected chi connectivity index (χ0v) is 17.6. The van der Waals surface area contributed by atoms with Crippen molar-refractivity contribution in [1.29, 1.82) is 5.41 Å². The first-order chi connectivity index (χ1) is 14.9. The Morgan fingerprint density at radius 2 is 2.19 bits per heavy atom. The third-order valence-electron chi connectivity index (χ3n) is 5.15. The number of carbonyl (C=O) groups is 1. The fourth-order valence-corrected chi connectivity index (χ4v) is 3.52. The van der Waals surface area contributed by atoms with Crippen LogP contribution in [-0.4, -0.2) is 44.6 Å². The lowest BCUT2D eigenvalue weighted by atomic mass is 9.94. The van der Waals surface area contributed by atoms with Gasteiger partial charge in [-0.1, -0.05) is 6.07 Å². The number of aromatic nitrogens is 3. The van der Waals surface area contributed by atoms with E-state index in [0.717, 1.165) is 35.2 Å². The van der Waals surface area contributed by atoms with E-state index in [9.17, 15) is 9.90 Å². The van der Waals surface area contributed by atoms with Crippen LogP contribution in [0.1, 0.15) is 30.3 Å². The number of amides is 1. The third kappa shape index (κ3) is 4.80. The summed E-state index contributed by atoms with van der Waals surface area (Å²) in [7, 11) is 1.78. The highest BCUT2D eigenvalue weighted by Crippen LogP contribution is 2.41. The van der Waals surface area contributed by atoms with Crippen LogP contribution in [0.2, 0.25) is 0 Å². The van der Waals surface area contributed by atoms with Crippen LogP contribution in [0.4, 0.5) is 0 Å². The van der Waals surface area contributed by atoms with Crippen LogP contribution < -0.4 is 10.6 Å². The van der Waals surface area contributed by atoms with Crippen molar-refractivity contribution in [3.63, 3.8) is 0 Å². The molecule has 2 aromatic heterocycles. The Kier molecular flexibility index (Phi) is 5.81. The molecule has 2 aromatic rings. The largest absolute Gasteiger partial charge is 0.393 e. The molecule has 1 fully saturated rings. The lowest BCUT2D eigenvalue weighted by Gasteiger charge is -2.19. The Morgan fingerprint density at radius 3 is 2.90 bits per heavy atom. The summed E-state index contributed by atoms with van der Waals surface area (Å²) in [6, 6.07) is 5.29. The smallest absolute Gasteiger partial charge is 0.274 e. The molecule has 31 heavy (non-hydrogen) atoms. The van der Waals surface area contributed by atoms with Crippen molar-refractivity contribution >= 4 is 11.6 Å². The van der Waals surface area contributed by atoms with Crippen molar-refractivity contribution in [2.45, 2.75) is 32.4 Å². The molecule has 2 aliphatic rings. The molecule has 8 heteroatoms. The van der Waals surface area contributed by atoms with Crippen molar-refractivity contribution in [3.8, 4) is 11.3 Å². The average Bonchev–Trinajstić information content (AvgIpc) is 3.48. The molecule has 0 saturated heterocycles. The minimum absolute atomic E-state index is 0.298. The van der Waals surface area contributed by atoms with E-state index in [1.54, 1.807) is 49.4 Å². The van der Waals surface area contributed by atoms with E-state index in [1.165, 1.54) is 0 Å². The highest BCUT2D eigenvalue weighted by Gasteiger charge is 2.31. The number of allylic oxidation sites excluding steroid dienone is 4. The number of hydrogen-bond acceptors (Lipinski definition) is 6. The number of rotatable bonds is 7. The predicted molar refractivity (Wildman–Crippen MR) is 118 cm³/mol. The quantitative estimate of drug-likeness (QED) is 0.551. The van der Waals surface area contributed by atoms with Crippen LogP contribution in [0.3, 0.4) is 0 Å². The molecule has 2 heterocycles. The molecule has 0 radical (unpaired) electrons. The molecule has 8 nitrogen and oxygen atoms in total. The fraction of sp³-hybridized carbons (Fsp3) is 0.304. The second-order valence-electron chi connectivity index (χ2n) is 7.90. The van der Waals surface area contributed by atoms with Gasteiger partial charge in [-0.3, -0.25) is 9.48 Å². The number of hydrogen-bond donors (Lipinski definition) is 4. The molecule has 0 aliphatic heterocycles. The van der Waals surface area contributed by atoms with Crippen LogP contribution in [-0.2, 0) is 6.54 Å². The Balaban J connectivity index is 1.56. The second kappa shape index (κ2) is 8.69. The number of aliphatic hydroxyl groups excluding tert-OH is 1. The van der Waals surface area contributed by atoms with E-state index in [-0.39, 0.29) is 5.91 Å². The first kappa shape index (κ1) is 20.7. The molecule has 1 unspecified atom stereocenters. The zero-order valence-electron chi connectivity index (χ0n) is 17.6. The van der Waals surface area contributed by atoms with Crippen molar-refractivity contribution in [2.75, 3.05) is 7.05 Å². The van der Waals surface area contributed by atoms with Crippen LogP contribution in [0.15, 0.2) is 65.8 Å². The summed E-state index contributed by atoms with van der Waals surface area (Å²) in [5, 5.41) is 27.9. The third-order valence-corrected chi connectivity index (χ3v) is 5.15. The SMILES string of the molecule is CN/C=C1/C=C(NC(=O)c2cccc(-c3cnn(CC(C)O)c3)n2)C(C2CC2)=CC1=N. The Labute approximate surface area is 180 Å². The van der Waals surface area contributed by atoms with Gasteiger partial charge in [0.2, 0.25) is 0 Å². The van der Waals surface area contributed by atoms with Crippen LogP contribution in [0, 0.1) is 11.3 Å². The number of nitrogens with one attached hydrogen (secondary N) is 3. The second-order valence-corrected chi connectivity index (χ2v) is 7.90. The van der Waals surface area contributed by atoms with Crippen molar-refractivity contribution in [2.24, 2.45) is 5.92 Å². The summed E-state index contributed by atoms with van der Waals surface area (Å²) in [4.78, 5) is 17.5. The van der Waals surface area contributed by atoms with E-state index in [1.807, 2.05) is 18.2 Å². The highest BCUT2D eigenvalue weighted by molar-refractivity contribution is 6.11. The zero-order chi connectivity index (χ0) is 22.0. The molecule has 0 bridgehead atoms. The summed E-state index contributed by atoms with van der Waals surface area (Å²) >= 11 is 0. The Hall–Kier alpha value is -3.52. The maximum Gasteiger partial charge on any atom is 0.274 e. The molecular formula is C23H26N6O2. The maximum absolute atomic E-state index is 13.0. The Bertz CT molecular complexity index is 1100. The molecule has 1 atom stereocenters. The van der Waals surface area contributed by atoms with Gasteiger partial charge in [0.15, 0.2) is 0 Å². The van der Waals surface area contributed by atoms with E-state index < -0.39 is 6.10 Å². The molecule has 1 saturated carbocycles. The van der Waals surface area contributed by atoms with E-state index in [4.69, 9.17) is 5.41 Å². The first-order valence-corrected chi connectivity index (χ1v) is 10.3. The molecular weight excluding hydrogens is 392 g/mol. The number of carbonyl (C=O) groups excluding carboxylic acids is 1. The van der Waals surface area contributed by atoms with Crippen molar-refractivity contribution in [1.82, 2.24) is 25.4 Å². The van der Waals surface area contributed by atoms with Crippen LogP contribution in [0.5, 0.6) is 0 Å². The molecule has 1 amide bonds. The van der Waals surface area contributed by atoms with Gasteiger partial charge in [0.25, 0.3) is 5.91 Å². The molecule has 4 rings (SSSR count). The van der Waals surface area contributed by atoms with Crippen LogP contribution >= 0.6 is 0 Å². The molecule has 0 spiro atoms. The molecule has 160 valence electrons. The van der Waals surface area contributed by atoms with Gasteiger partial charge in [-0.2, -0.15) is 5.10 Å². The maximum atomic E-state index is 13.0. The standard InChI is InChI=1S/C23H26N6O2/c1-14(30)12-29-13-17(11-26-29)20-4-3-5-21(27-20)23(31)28-22-8-16(10-25-2)19(24)9-18(22)15-6-7-15/h3-5,8-11,13-15,24-25,30H,6-7,12H2,1-2H3,(H,28,31)/b16-10-,24-19?. The average molecular weight is 419 g/mol. The Morgan fingerprint density at radius 1 is 1.39 bits per heavy atom. The van der Waals surface area contributed by atoms with Gasteiger partial charge in [0, 0.05) is 36.3 Å². The monoisotopic (exact) mass is 418 g/mol. The normalized spacial score (nSPS) is 18.4. The summed E-state index contributed by atoms with van der Waals surface area (Å²) in [5.74, 6) is 0.0929. The summed E-state index contributed by atoms with van der Waals surface area (Å²) in [6.45, 7) is 2.09. The minimum atomic E-state index is -0.501. The van der Waals surface area contributed by atoms with Crippen molar-refractivity contribution in [3.05, 3.63) is 71.5 Å². The van der Waals surface area contributed by atoms with Gasteiger partial charge < -0.3 is 21.1 Å². The molecule has 4 N–H and O–H groups in total. The highest BCUT2D eigenvalue weighted by atomic mass is 16.3. The van der Waals surface area contributed by atoms with Gasteiger partial charge >= 0.3 is 0 Å². The first-order valence-electron chi connectivity index (χ1n) is 10.3. The number of pyridine rings is 1. The topological polar surface area (TPSA) is 116 Å². The van der Waals surface area contributed by atoms with Gasteiger partial charge in [-0.25, -0.2) is 4.98 Å². The van der Waals surface area contributed by atoms with E-state index in [0.29, 0.717) is 29.6 Å². The lowest BCUT2D eigenvalue weighted by Crippen LogP contribution is -2.27. The predicted octanol–water partition coefficient (Wildman–Crippen LogP) is 2.41. The summed E-state index contributed by atoms with van der Waals surface area (Å²) in [5.41, 5.74) is 4.59. The summed E-state index contributed by atoms with van der Waals surface area (Å²) in [6.07, 6.45) is 10.5. The van der Waals surface area contributed by atoms with Gasteiger partial charge in [0.1, 0.15) is 5.69 Å². The van der Waals surface area contributed by atoms with Gasteiger partial charge in [-0.05, 0) is 55.5 Å².